The first-order valence-corrected chi connectivity index (χ1v) is 9.79. The fourth-order valence-electron chi connectivity index (χ4n) is 3.70. The van der Waals surface area contributed by atoms with Gasteiger partial charge >= 0.3 is 0 Å². The molecule has 0 fully saturated rings. The maximum Gasteiger partial charge on any atom is 0.269 e. The summed E-state index contributed by atoms with van der Waals surface area (Å²) in [5.41, 5.74) is 7.70. The fourth-order valence-corrected chi connectivity index (χ4v) is 3.70. The molecule has 3 aromatic carbocycles. The molecule has 0 saturated heterocycles. The van der Waals surface area contributed by atoms with Crippen molar-refractivity contribution < 1.29 is 19.5 Å². The number of nitro benzene ring substituents is 1. The minimum Gasteiger partial charge on any atom is -0.507 e. The summed E-state index contributed by atoms with van der Waals surface area (Å²) in [5, 5.41) is 31.7. The molecular formula is C24H18N4O5. The van der Waals surface area contributed by atoms with E-state index in [1.54, 1.807) is 31.4 Å². The Hall–Kier alpha value is -4.84. The third-order valence-electron chi connectivity index (χ3n) is 5.22. The van der Waals surface area contributed by atoms with Crippen LogP contribution in [0.25, 0.3) is 0 Å². The van der Waals surface area contributed by atoms with Crippen LogP contribution in [-0.4, -0.2) is 23.4 Å². The van der Waals surface area contributed by atoms with Crippen molar-refractivity contribution in [1.82, 2.24) is 0 Å². The first-order valence-electron chi connectivity index (χ1n) is 9.79. The summed E-state index contributed by atoms with van der Waals surface area (Å²) in [4.78, 5) is 15.2. The molecule has 164 valence electrons. The van der Waals surface area contributed by atoms with Crippen LogP contribution in [0.2, 0.25) is 0 Å². The zero-order valence-electron chi connectivity index (χ0n) is 17.4. The molecule has 0 radical (unpaired) electrons. The molecule has 33 heavy (non-hydrogen) atoms. The number of allylic oxidation sites excluding steroid dienone is 1. The van der Waals surface area contributed by atoms with Crippen molar-refractivity contribution in [3.05, 3.63) is 98.9 Å². The van der Waals surface area contributed by atoms with Gasteiger partial charge in [-0.25, -0.2) is 0 Å². The standard InChI is InChI=1S/C24H18N4O5/c1-32-20-8-3-2-7-18(20)27-13-15-9-10-19(29)22-21(17(12-25)24(26)33-23(15)22)14-5-4-6-16(11-14)28(30)31/h2-11,13,21,29H,26H2,1H3/t21-/m1/s1. The smallest absolute Gasteiger partial charge is 0.269 e. The lowest BCUT2D eigenvalue weighted by Gasteiger charge is -2.28. The van der Waals surface area contributed by atoms with E-state index in [2.05, 4.69) is 4.99 Å². The van der Waals surface area contributed by atoms with E-state index in [1.807, 2.05) is 18.2 Å². The van der Waals surface area contributed by atoms with Crippen LogP contribution >= 0.6 is 0 Å². The average Bonchev–Trinajstić information content (AvgIpc) is 2.83. The first kappa shape index (κ1) is 21.4. The number of nitrogens with two attached hydrogens (primary N) is 1. The van der Waals surface area contributed by atoms with E-state index in [9.17, 15) is 20.5 Å². The number of hydrogen-bond donors (Lipinski definition) is 2. The maximum atomic E-state index is 11.3. The third-order valence-corrected chi connectivity index (χ3v) is 5.22. The molecule has 1 heterocycles. The molecule has 0 unspecified atom stereocenters. The number of hydrogen-bond acceptors (Lipinski definition) is 8. The Kier molecular flexibility index (Phi) is 5.66. The van der Waals surface area contributed by atoms with Crippen molar-refractivity contribution in [2.45, 2.75) is 5.92 Å². The Bertz CT molecular complexity index is 1360. The van der Waals surface area contributed by atoms with Gasteiger partial charge in [-0.15, -0.1) is 0 Å². The lowest BCUT2D eigenvalue weighted by molar-refractivity contribution is -0.384. The number of methoxy groups -OCH3 is 1. The van der Waals surface area contributed by atoms with Crippen molar-refractivity contribution in [3.8, 4) is 23.3 Å². The van der Waals surface area contributed by atoms with E-state index in [0.717, 1.165) is 0 Å². The van der Waals surface area contributed by atoms with Gasteiger partial charge in [0.05, 0.1) is 23.5 Å². The van der Waals surface area contributed by atoms with E-state index in [0.29, 0.717) is 22.6 Å². The topological polar surface area (TPSA) is 144 Å². The van der Waals surface area contributed by atoms with Crippen molar-refractivity contribution in [1.29, 1.82) is 5.26 Å². The van der Waals surface area contributed by atoms with Gasteiger partial charge in [0, 0.05) is 23.9 Å². The number of para-hydroxylation sites is 2. The number of nitriles is 1. The predicted octanol–water partition coefficient (Wildman–Crippen LogP) is 4.28. The number of rotatable bonds is 5. The highest BCUT2D eigenvalue weighted by Gasteiger charge is 2.35. The van der Waals surface area contributed by atoms with Crippen molar-refractivity contribution in [2.75, 3.05) is 7.11 Å². The zero-order chi connectivity index (χ0) is 23.5. The van der Waals surface area contributed by atoms with Crippen LogP contribution in [0.3, 0.4) is 0 Å². The molecule has 0 aliphatic carbocycles. The molecule has 4 rings (SSSR count). The molecule has 0 bridgehead atoms. The van der Waals surface area contributed by atoms with Crippen LogP contribution in [0, 0.1) is 21.4 Å². The summed E-state index contributed by atoms with van der Waals surface area (Å²) in [7, 11) is 1.54. The maximum absolute atomic E-state index is 11.3. The summed E-state index contributed by atoms with van der Waals surface area (Å²) in [5.74, 6) is -0.377. The molecule has 3 aromatic rings. The molecule has 0 aromatic heterocycles. The summed E-state index contributed by atoms with van der Waals surface area (Å²) in [6.07, 6.45) is 1.53. The van der Waals surface area contributed by atoms with Gasteiger partial charge in [-0.2, -0.15) is 5.26 Å². The van der Waals surface area contributed by atoms with Gasteiger partial charge in [0.2, 0.25) is 5.88 Å². The van der Waals surface area contributed by atoms with Gasteiger partial charge in [-0.3, -0.25) is 15.1 Å². The first-order chi connectivity index (χ1) is 15.9. The second-order valence-electron chi connectivity index (χ2n) is 7.12. The van der Waals surface area contributed by atoms with Crippen LogP contribution in [0.5, 0.6) is 17.2 Å². The van der Waals surface area contributed by atoms with E-state index >= 15 is 0 Å². The molecule has 3 N–H and O–H groups in total. The van der Waals surface area contributed by atoms with Gasteiger partial charge < -0.3 is 20.3 Å². The third kappa shape index (κ3) is 3.93. The fraction of sp³-hybridized carbons (Fsp3) is 0.0833. The van der Waals surface area contributed by atoms with E-state index in [-0.39, 0.29) is 34.2 Å². The normalized spacial score (nSPS) is 15.0. The van der Waals surface area contributed by atoms with Crippen LogP contribution in [0.15, 0.2) is 77.1 Å². The number of nitrogens with zero attached hydrogens (tertiary/aromatic N) is 3. The van der Waals surface area contributed by atoms with E-state index < -0.39 is 10.8 Å². The highest BCUT2D eigenvalue weighted by atomic mass is 16.6. The monoisotopic (exact) mass is 442 g/mol. The SMILES string of the molecule is COc1ccccc1N=Cc1ccc(O)c2c1OC(N)=C(C#N)[C@H]2c1cccc([N+](=O)[O-])c1. The molecule has 1 aliphatic rings. The molecular weight excluding hydrogens is 424 g/mol. The summed E-state index contributed by atoms with van der Waals surface area (Å²) in [6.45, 7) is 0. The van der Waals surface area contributed by atoms with Crippen LogP contribution in [0.1, 0.15) is 22.6 Å². The summed E-state index contributed by atoms with van der Waals surface area (Å²) < 4.78 is 11.1. The number of phenolic OH excluding ortho intramolecular Hbond substituents is 1. The number of benzene rings is 3. The van der Waals surface area contributed by atoms with Crippen LogP contribution in [0.4, 0.5) is 11.4 Å². The molecule has 9 nitrogen and oxygen atoms in total. The highest BCUT2D eigenvalue weighted by molar-refractivity contribution is 5.88. The molecule has 1 aliphatic heterocycles. The summed E-state index contributed by atoms with van der Waals surface area (Å²) in [6, 6.07) is 18.1. The van der Waals surface area contributed by atoms with Gasteiger partial charge in [0.1, 0.15) is 34.6 Å². The van der Waals surface area contributed by atoms with Crippen molar-refractivity contribution in [2.24, 2.45) is 10.7 Å². The molecule has 1 atom stereocenters. The van der Waals surface area contributed by atoms with Crippen LogP contribution < -0.4 is 15.2 Å². The Morgan fingerprint density at radius 1 is 1.24 bits per heavy atom. The molecule has 0 saturated carbocycles. The lowest BCUT2D eigenvalue weighted by atomic mass is 9.82. The number of ether oxygens (including phenoxy) is 2. The molecule has 0 spiro atoms. The van der Waals surface area contributed by atoms with Crippen molar-refractivity contribution >= 4 is 17.6 Å². The Balaban J connectivity index is 1.88. The second-order valence-corrected chi connectivity index (χ2v) is 7.12. The number of fused-ring (bicyclic) bond motifs is 1. The number of nitro groups is 1. The zero-order valence-corrected chi connectivity index (χ0v) is 17.4. The number of aromatic hydroxyl groups is 1. The lowest BCUT2D eigenvalue weighted by Crippen LogP contribution is -2.22. The average molecular weight is 442 g/mol. The highest BCUT2D eigenvalue weighted by Crippen LogP contribution is 2.48. The van der Waals surface area contributed by atoms with Crippen LogP contribution in [-0.2, 0) is 0 Å². The number of phenols is 1. The van der Waals surface area contributed by atoms with Gasteiger partial charge in [0.25, 0.3) is 5.69 Å². The number of aliphatic imine (C=N–C) groups is 1. The van der Waals surface area contributed by atoms with Gasteiger partial charge in [0.15, 0.2) is 0 Å². The summed E-state index contributed by atoms with van der Waals surface area (Å²) >= 11 is 0. The van der Waals surface area contributed by atoms with Gasteiger partial charge in [-0.1, -0.05) is 24.3 Å². The largest absolute Gasteiger partial charge is 0.507 e. The molecule has 9 heteroatoms. The quantitative estimate of drug-likeness (QED) is 0.341. The second kappa shape index (κ2) is 8.72. The molecule has 0 amide bonds. The Morgan fingerprint density at radius 3 is 2.76 bits per heavy atom. The van der Waals surface area contributed by atoms with Crippen molar-refractivity contribution in [3.63, 3.8) is 0 Å². The van der Waals surface area contributed by atoms with Gasteiger partial charge in [-0.05, 0) is 29.8 Å². The Labute approximate surface area is 188 Å². The van der Waals surface area contributed by atoms with E-state index in [1.165, 1.54) is 30.5 Å². The predicted molar refractivity (Wildman–Crippen MR) is 121 cm³/mol. The Morgan fingerprint density at radius 2 is 2.03 bits per heavy atom. The minimum atomic E-state index is -0.863. The minimum absolute atomic E-state index is 0.0390. The number of non-ortho nitro benzene ring substituents is 1. The van der Waals surface area contributed by atoms with E-state index in [4.69, 9.17) is 15.2 Å².